The Morgan fingerprint density at radius 3 is 2.79 bits per heavy atom. The molecule has 1 N–H and O–H groups in total. The van der Waals surface area contributed by atoms with E-state index >= 15 is 0 Å². The first-order valence-electron chi connectivity index (χ1n) is 7.30. The molecule has 0 radical (unpaired) electrons. The molecule has 1 aromatic carbocycles. The smallest absolute Gasteiger partial charge is 0.341 e. The summed E-state index contributed by atoms with van der Waals surface area (Å²) in [6, 6.07) is 10.1. The van der Waals surface area contributed by atoms with Crippen LogP contribution in [-0.2, 0) is 4.74 Å². The molecule has 0 aliphatic carbocycles. The lowest BCUT2D eigenvalue weighted by Gasteiger charge is -2.07. The van der Waals surface area contributed by atoms with Crippen LogP contribution in [-0.4, -0.2) is 28.1 Å². The van der Waals surface area contributed by atoms with Gasteiger partial charge in [0.2, 0.25) is 0 Å². The standard InChI is InChI=1S/C17H14ClN3O3/c1-2-24-17(23)13-10-19-21-8-7-11(9-15(13)21)20-16(22)12-5-3-4-6-14(12)18/h3-10H,2H2,1H3,(H,20,22). The number of ether oxygens (including phenoxy) is 1. The fourth-order valence-corrected chi connectivity index (χ4v) is 2.49. The van der Waals surface area contributed by atoms with E-state index in [-0.39, 0.29) is 12.5 Å². The number of nitrogens with zero attached hydrogens (tertiary/aromatic N) is 2. The Balaban J connectivity index is 1.90. The molecule has 0 saturated heterocycles. The van der Waals surface area contributed by atoms with Gasteiger partial charge in [0, 0.05) is 11.9 Å². The second kappa shape index (κ2) is 6.72. The first-order valence-corrected chi connectivity index (χ1v) is 7.68. The van der Waals surface area contributed by atoms with Crippen LogP contribution in [0.4, 0.5) is 5.69 Å². The Morgan fingerprint density at radius 2 is 2.04 bits per heavy atom. The van der Waals surface area contributed by atoms with E-state index in [1.807, 2.05) is 0 Å². The second-order valence-electron chi connectivity index (χ2n) is 4.96. The molecule has 0 spiro atoms. The van der Waals surface area contributed by atoms with E-state index in [0.29, 0.717) is 27.4 Å². The first kappa shape index (κ1) is 16.0. The van der Waals surface area contributed by atoms with Crippen LogP contribution in [0.3, 0.4) is 0 Å². The third kappa shape index (κ3) is 3.09. The Kier molecular flexibility index (Phi) is 4.48. The van der Waals surface area contributed by atoms with E-state index in [1.165, 1.54) is 10.7 Å². The van der Waals surface area contributed by atoms with Gasteiger partial charge in [0.1, 0.15) is 5.56 Å². The largest absolute Gasteiger partial charge is 0.462 e. The zero-order valence-electron chi connectivity index (χ0n) is 12.8. The van der Waals surface area contributed by atoms with Crippen molar-refractivity contribution in [3.8, 4) is 0 Å². The van der Waals surface area contributed by atoms with E-state index in [0.717, 1.165) is 0 Å². The number of esters is 1. The van der Waals surface area contributed by atoms with E-state index in [4.69, 9.17) is 16.3 Å². The number of carbonyl (C=O) groups excluding carboxylic acids is 2. The highest BCUT2D eigenvalue weighted by Crippen LogP contribution is 2.20. The minimum atomic E-state index is -0.456. The Morgan fingerprint density at radius 1 is 1.25 bits per heavy atom. The normalized spacial score (nSPS) is 10.6. The molecule has 1 amide bonds. The van der Waals surface area contributed by atoms with Crippen molar-refractivity contribution < 1.29 is 14.3 Å². The molecule has 122 valence electrons. The van der Waals surface area contributed by atoms with Crippen LogP contribution < -0.4 is 5.32 Å². The van der Waals surface area contributed by atoms with Crippen molar-refractivity contribution in [3.63, 3.8) is 0 Å². The van der Waals surface area contributed by atoms with Crippen LogP contribution >= 0.6 is 11.6 Å². The van der Waals surface area contributed by atoms with Gasteiger partial charge in [0.05, 0.1) is 28.9 Å². The third-order valence-electron chi connectivity index (χ3n) is 3.39. The number of aromatic nitrogens is 2. The van der Waals surface area contributed by atoms with Crippen molar-refractivity contribution in [3.05, 3.63) is 64.9 Å². The fourth-order valence-electron chi connectivity index (χ4n) is 2.27. The highest BCUT2D eigenvalue weighted by Gasteiger charge is 2.15. The second-order valence-corrected chi connectivity index (χ2v) is 5.37. The molecule has 0 atom stereocenters. The van der Waals surface area contributed by atoms with Gasteiger partial charge < -0.3 is 10.1 Å². The topological polar surface area (TPSA) is 72.7 Å². The SMILES string of the molecule is CCOC(=O)c1cnn2ccc(NC(=O)c3ccccc3Cl)cc12. The molecule has 0 aliphatic heterocycles. The number of hydrogen-bond donors (Lipinski definition) is 1. The van der Waals surface area contributed by atoms with Crippen molar-refractivity contribution >= 4 is 34.7 Å². The molecule has 0 fully saturated rings. The van der Waals surface area contributed by atoms with Crippen LogP contribution in [0.15, 0.2) is 48.8 Å². The zero-order valence-corrected chi connectivity index (χ0v) is 13.6. The number of rotatable bonds is 4. The summed E-state index contributed by atoms with van der Waals surface area (Å²) >= 11 is 6.03. The fraction of sp³-hybridized carbons (Fsp3) is 0.118. The van der Waals surface area contributed by atoms with Gasteiger partial charge >= 0.3 is 5.97 Å². The van der Waals surface area contributed by atoms with E-state index in [2.05, 4.69) is 10.4 Å². The number of halogens is 1. The Bertz CT molecular complexity index is 920. The Labute approximate surface area is 143 Å². The molecular weight excluding hydrogens is 330 g/mol. The molecule has 3 rings (SSSR count). The minimum absolute atomic E-state index is 0.277. The maximum atomic E-state index is 12.3. The molecule has 0 saturated carbocycles. The summed E-state index contributed by atoms with van der Waals surface area (Å²) in [7, 11) is 0. The number of hydrogen-bond acceptors (Lipinski definition) is 4. The van der Waals surface area contributed by atoms with Crippen LogP contribution in [0.5, 0.6) is 0 Å². The average Bonchev–Trinajstić information content (AvgIpc) is 2.98. The molecule has 0 bridgehead atoms. The Hall–Kier alpha value is -2.86. The summed E-state index contributed by atoms with van der Waals surface area (Å²) in [5, 5.41) is 7.23. The van der Waals surface area contributed by atoms with Gasteiger partial charge in [-0.05, 0) is 31.2 Å². The quantitative estimate of drug-likeness (QED) is 0.737. The van der Waals surface area contributed by atoms with Crippen LogP contribution in [0, 0.1) is 0 Å². The third-order valence-corrected chi connectivity index (χ3v) is 3.72. The van der Waals surface area contributed by atoms with E-state index < -0.39 is 5.97 Å². The molecule has 24 heavy (non-hydrogen) atoms. The van der Waals surface area contributed by atoms with Crippen LogP contribution in [0.25, 0.3) is 5.52 Å². The highest BCUT2D eigenvalue weighted by atomic mass is 35.5. The maximum absolute atomic E-state index is 12.3. The van der Waals surface area contributed by atoms with Crippen molar-refractivity contribution in [2.75, 3.05) is 11.9 Å². The summed E-state index contributed by atoms with van der Waals surface area (Å²) in [5.74, 6) is -0.788. The molecule has 3 aromatic rings. The van der Waals surface area contributed by atoms with Gasteiger partial charge in [-0.25, -0.2) is 9.31 Å². The van der Waals surface area contributed by atoms with Gasteiger partial charge in [-0.2, -0.15) is 5.10 Å². The number of pyridine rings is 1. The van der Waals surface area contributed by atoms with Crippen LogP contribution in [0.2, 0.25) is 5.02 Å². The molecule has 0 aliphatic rings. The number of amides is 1. The summed E-state index contributed by atoms with van der Waals surface area (Å²) < 4.78 is 6.54. The lowest BCUT2D eigenvalue weighted by Crippen LogP contribution is -2.12. The summed E-state index contributed by atoms with van der Waals surface area (Å²) in [6.45, 7) is 2.01. The predicted molar refractivity (Wildman–Crippen MR) is 90.6 cm³/mol. The summed E-state index contributed by atoms with van der Waals surface area (Å²) in [4.78, 5) is 24.3. The van der Waals surface area contributed by atoms with E-state index in [9.17, 15) is 9.59 Å². The van der Waals surface area contributed by atoms with Crippen molar-refractivity contribution in [1.82, 2.24) is 9.61 Å². The van der Waals surface area contributed by atoms with Gasteiger partial charge in [-0.3, -0.25) is 4.79 Å². The van der Waals surface area contributed by atoms with Crippen molar-refractivity contribution in [2.45, 2.75) is 6.92 Å². The zero-order chi connectivity index (χ0) is 17.1. The lowest BCUT2D eigenvalue weighted by molar-refractivity contribution is 0.0528. The molecule has 6 nitrogen and oxygen atoms in total. The number of nitrogens with one attached hydrogen (secondary N) is 1. The van der Waals surface area contributed by atoms with Gasteiger partial charge in [-0.15, -0.1) is 0 Å². The monoisotopic (exact) mass is 343 g/mol. The van der Waals surface area contributed by atoms with Gasteiger partial charge in [0.15, 0.2) is 0 Å². The van der Waals surface area contributed by atoms with E-state index in [1.54, 1.807) is 49.5 Å². The van der Waals surface area contributed by atoms with Crippen LogP contribution in [0.1, 0.15) is 27.6 Å². The predicted octanol–water partition coefficient (Wildman–Crippen LogP) is 3.42. The highest BCUT2D eigenvalue weighted by molar-refractivity contribution is 6.34. The van der Waals surface area contributed by atoms with Crippen molar-refractivity contribution in [2.24, 2.45) is 0 Å². The van der Waals surface area contributed by atoms with Gasteiger partial charge in [0.25, 0.3) is 5.91 Å². The van der Waals surface area contributed by atoms with Gasteiger partial charge in [-0.1, -0.05) is 23.7 Å². The molecule has 0 unspecified atom stereocenters. The van der Waals surface area contributed by atoms with Crippen molar-refractivity contribution in [1.29, 1.82) is 0 Å². The summed E-state index contributed by atoms with van der Waals surface area (Å²) in [5.41, 5.74) is 1.78. The number of benzene rings is 1. The average molecular weight is 344 g/mol. The maximum Gasteiger partial charge on any atom is 0.341 e. The molecule has 2 aromatic heterocycles. The molecule has 7 heteroatoms. The first-order chi connectivity index (χ1) is 11.6. The molecular formula is C17H14ClN3O3. The summed E-state index contributed by atoms with van der Waals surface area (Å²) in [6.07, 6.45) is 3.09. The minimum Gasteiger partial charge on any atom is -0.462 e. The lowest BCUT2D eigenvalue weighted by atomic mass is 10.2. The number of anilines is 1. The number of fused-ring (bicyclic) bond motifs is 1. The number of carbonyl (C=O) groups is 2. The molecule has 2 heterocycles.